The van der Waals surface area contributed by atoms with Crippen molar-refractivity contribution in [2.75, 3.05) is 19.0 Å². The maximum atomic E-state index is 12.8. The van der Waals surface area contributed by atoms with Gasteiger partial charge in [-0.3, -0.25) is 4.79 Å². The highest BCUT2D eigenvalue weighted by Gasteiger charge is 2.40. The number of nitrogens with one attached hydrogen (secondary N) is 2. The average Bonchev–Trinajstić information content (AvgIpc) is 2.75. The van der Waals surface area contributed by atoms with Gasteiger partial charge in [-0.1, -0.05) is 39.8 Å². The topological polar surface area (TPSA) is 112 Å². The number of ether oxygens (including phenoxy) is 3. The minimum Gasteiger partial charge on any atom is -0.467 e. The Bertz CT molecular complexity index is 907. The molecule has 0 bridgehead atoms. The van der Waals surface area contributed by atoms with E-state index in [1.54, 1.807) is 39.0 Å². The number of benzene rings is 1. The van der Waals surface area contributed by atoms with Gasteiger partial charge in [0.2, 0.25) is 5.91 Å². The van der Waals surface area contributed by atoms with E-state index < -0.39 is 38.1 Å². The number of carbonyl (C=O) groups excluding carboxylic acids is 3. The molecule has 0 saturated carbocycles. The average molecular weight is 539 g/mol. The third-order valence-electron chi connectivity index (χ3n) is 6.05. The summed E-state index contributed by atoms with van der Waals surface area (Å²) >= 11 is 0. The Labute approximate surface area is 223 Å². The van der Waals surface area contributed by atoms with E-state index >= 15 is 0 Å². The van der Waals surface area contributed by atoms with E-state index in [1.807, 2.05) is 13.0 Å². The molecule has 0 aliphatic heterocycles. The molecule has 0 aromatic heterocycles. The summed E-state index contributed by atoms with van der Waals surface area (Å²) < 4.78 is 22.8. The fourth-order valence-electron chi connectivity index (χ4n) is 3.02. The van der Waals surface area contributed by atoms with Gasteiger partial charge < -0.3 is 29.3 Å². The van der Waals surface area contributed by atoms with Crippen molar-refractivity contribution in [3.63, 3.8) is 0 Å². The Hall–Kier alpha value is -2.43. The zero-order chi connectivity index (χ0) is 28.4. The smallest absolute Gasteiger partial charge is 0.408 e. The summed E-state index contributed by atoms with van der Waals surface area (Å²) in [7, 11) is -0.948. The van der Waals surface area contributed by atoms with Crippen molar-refractivity contribution in [1.82, 2.24) is 5.32 Å². The molecule has 0 aliphatic rings. The van der Waals surface area contributed by atoms with E-state index in [4.69, 9.17) is 18.6 Å². The number of amides is 2. The van der Waals surface area contributed by atoms with Gasteiger partial charge in [-0.2, -0.15) is 0 Å². The molecule has 0 aliphatic carbocycles. The summed E-state index contributed by atoms with van der Waals surface area (Å²) in [6.07, 6.45) is -0.661. The number of carbonyl (C=O) groups is 3. The first-order chi connectivity index (χ1) is 17.0. The zero-order valence-corrected chi connectivity index (χ0v) is 25.2. The van der Waals surface area contributed by atoms with Crippen LogP contribution in [0.25, 0.3) is 0 Å². The van der Waals surface area contributed by atoms with Crippen LogP contribution in [-0.4, -0.2) is 57.8 Å². The number of hydrogen-bond donors (Lipinski definition) is 2. The van der Waals surface area contributed by atoms with Gasteiger partial charge >= 0.3 is 12.1 Å². The van der Waals surface area contributed by atoms with Gasteiger partial charge in [-0.25, -0.2) is 9.59 Å². The molecule has 37 heavy (non-hydrogen) atoms. The predicted octanol–water partition coefficient (Wildman–Crippen LogP) is 5.40. The maximum absolute atomic E-state index is 12.8. The number of anilines is 1. The van der Waals surface area contributed by atoms with Crippen LogP contribution in [0.1, 0.15) is 66.9 Å². The van der Waals surface area contributed by atoms with Crippen LogP contribution in [0.3, 0.4) is 0 Å². The predicted molar refractivity (Wildman–Crippen MR) is 147 cm³/mol. The summed E-state index contributed by atoms with van der Waals surface area (Å²) in [4.78, 5) is 37.4. The second-order valence-corrected chi connectivity index (χ2v) is 16.4. The second kappa shape index (κ2) is 13.9. The van der Waals surface area contributed by atoms with Crippen molar-refractivity contribution in [1.29, 1.82) is 0 Å². The molecule has 0 saturated heterocycles. The van der Waals surface area contributed by atoms with Crippen molar-refractivity contribution < 1.29 is 33.0 Å². The summed E-state index contributed by atoms with van der Waals surface area (Å²) in [6.45, 7) is 17.8. The first kappa shape index (κ1) is 32.6. The minimum absolute atomic E-state index is 0.0443. The van der Waals surface area contributed by atoms with Crippen molar-refractivity contribution in [2.45, 2.75) is 104 Å². The van der Waals surface area contributed by atoms with Crippen LogP contribution in [0.15, 0.2) is 24.3 Å². The highest BCUT2D eigenvalue weighted by molar-refractivity contribution is 6.74. The number of hydrogen-bond acceptors (Lipinski definition) is 7. The van der Waals surface area contributed by atoms with Crippen LogP contribution in [-0.2, 0) is 34.8 Å². The molecule has 9 nitrogen and oxygen atoms in total. The molecule has 0 radical (unpaired) electrons. The second-order valence-electron chi connectivity index (χ2n) is 11.6. The molecule has 2 amide bonds. The molecule has 210 valence electrons. The fraction of sp³-hybridized carbons (Fsp3) is 0.667. The van der Waals surface area contributed by atoms with Crippen LogP contribution in [0.2, 0.25) is 18.1 Å². The molecular weight excluding hydrogens is 492 g/mol. The Balaban J connectivity index is 3.14. The van der Waals surface area contributed by atoms with Crippen LogP contribution in [0, 0.1) is 0 Å². The Morgan fingerprint density at radius 1 is 1.05 bits per heavy atom. The third-order valence-corrected chi connectivity index (χ3v) is 10.5. The van der Waals surface area contributed by atoms with E-state index in [0.29, 0.717) is 12.1 Å². The van der Waals surface area contributed by atoms with Gasteiger partial charge in [-0.15, -0.1) is 0 Å². The van der Waals surface area contributed by atoms with Crippen LogP contribution in [0.4, 0.5) is 10.5 Å². The third kappa shape index (κ3) is 11.7. The monoisotopic (exact) mass is 538 g/mol. The molecule has 1 rings (SSSR count). The molecule has 0 fully saturated rings. The standard InChI is InChI=1S/C27H46N2O7Si/c1-11-13-22(30)28-20-15-12-14-19(16-20)17-34-23(24(31)33-8)21(29-25(32)36-26(2,3)4)18-35-37(9,10)27(5,6)7/h12,14-16,21,23H,11,13,17-18H2,1-10H3,(H,28,30)(H,29,32)/t21-,23-/m0/s1. The zero-order valence-electron chi connectivity index (χ0n) is 24.2. The highest BCUT2D eigenvalue weighted by Crippen LogP contribution is 2.36. The SMILES string of the molecule is CCCC(=O)Nc1cccc(CO[C@H](C(=O)OC)[C@H](CO[Si](C)(C)C(C)(C)C)NC(=O)OC(C)(C)C)c1. The number of esters is 1. The Kier molecular flexibility index (Phi) is 12.3. The highest BCUT2D eigenvalue weighted by atomic mass is 28.4. The maximum Gasteiger partial charge on any atom is 0.408 e. The van der Waals surface area contributed by atoms with Crippen molar-refractivity contribution in [3.8, 4) is 0 Å². The normalized spacial score (nSPS) is 13.9. The molecule has 0 unspecified atom stereocenters. The summed E-state index contributed by atoms with van der Waals surface area (Å²) in [6, 6.07) is 6.33. The van der Waals surface area contributed by atoms with E-state index in [1.165, 1.54) is 7.11 Å². The lowest BCUT2D eigenvalue weighted by atomic mass is 10.1. The number of methoxy groups -OCH3 is 1. The lowest BCUT2D eigenvalue weighted by Crippen LogP contribution is -2.54. The van der Waals surface area contributed by atoms with E-state index in [9.17, 15) is 14.4 Å². The molecule has 2 atom stereocenters. The molecular formula is C27H46N2O7Si. The van der Waals surface area contributed by atoms with Crippen LogP contribution in [0.5, 0.6) is 0 Å². The Morgan fingerprint density at radius 3 is 2.24 bits per heavy atom. The first-order valence-corrected chi connectivity index (χ1v) is 15.6. The van der Waals surface area contributed by atoms with E-state index in [-0.39, 0.29) is 24.2 Å². The summed E-state index contributed by atoms with van der Waals surface area (Å²) in [5, 5.41) is 5.53. The molecule has 0 heterocycles. The largest absolute Gasteiger partial charge is 0.467 e. The first-order valence-electron chi connectivity index (χ1n) is 12.7. The molecule has 0 spiro atoms. The molecule has 1 aromatic carbocycles. The minimum atomic E-state index is -2.21. The van der Waals surface area contributed by atoms with Gasteiger partial charge in [0.25, 0.3) is 0 Å². The molecule has 10 heteroatoms. The number of rotatable bonds is 12. The van der Waals surface area contributed by atoms with Gasteiger partial charge in [0, 0.05) is 12.1 Å². The lowest BCUT2D eigenvalue weighted by Gasteiger charge is -2.38. The molecule has 1 aromatic rings. The van der Waals surface area contributed by atoms with Crippen molar-refractivity contribution in [2.24, 2.45) is 0 Å². The lowest BCUT2D eigenvalue weighted by molar-refractivity contribution is -0.157. The van der Waals surface area contributed by atoms with Gasteiger partial charge in [0.1, 0.15) is 5.60 Å². The molecule has 2 N–H and O–H groups in total. The van der Waals surface area contributed by atoms with Crippen molar-refractivity contribution >= 4 is 32.0 Å². The number of alkyl carbamates (subject to hydrolysis) is 1. The van der Waals surface area contributed by atoms with Gasteiger partial charge in [-0.05, 0) is 63.0 Å². The van der Waals surface area contributed by atoms with Crippen LogP contribution >= 0.6 is 0 Å². The van der Waals surface area contributed by atoms with Crippen LogP contribution < -0.4 is 10.6 Å². The fourth-order valence-corrected chi connectivity index (χ4v) is 4.05. The van der Waals surface area contributed by atoms with Gasteiger partial charge in [0.15, 0.2) is 14.4 Å². The van der Waals surface area contributed by atoms with Gasteiger partial charge in [0.05, 0.1) is 26.4 Å². The summed E-state index contributed by atoms with van der Waals surface area (Å²) in [5.41, 5.74) is 0.655. The quantitative estimate of drug-likeness (QED) is 0.271. The van der Waals surface area contributed by atoms with E-state index in [2.05, 4.69) is 44.5 Å². The van der Waals surface area contributed by atoms with E-state index in [0.717, 1.165) is 12.0 Å². The Morgan fingerprint density at radius 2 is 1.70 bits per heavy atom. The van der Waals surface area contributed by atoms with Crippen molar-refractivity contribution in [3.05, 3.63) is 29.8 Å². The summed E-state index contributed by atoms with van der Waals surface area (Å²) in [5.74, 6) is -0.718.